The molecular formula is C13H16O3. The van der Waals surface area contributed by atoms with Crippen molar-refractivity contribution >= 4 is 11.5 Å². The Morgan fingerprint density at radius 3 is 2.56 bits per heavy atom. The molecule has 0 fully saturated rings. The maximum absolute atomic E-state index is 11.1. The molecule has 0 aliphatic rings. The molecular weight excluding hydrogens is 204 g/mol. The van der Waals surface area contributed by atoms with Crippen LogP contribution in [0.25, 0.3) is 5.57 Å². The number of hydrogen-bond donors (Lipinski definition) is 0. The molecule has 0 radical (unpaired) electrons. The second-order valence-corrected chi connectivity index (χ2v) is 3.26. The van der Waals surface area contributed by atoms with Crippen LogP contribution in [0.3, 0.4) is 0 Å². The van der Waals surface area contributed by atoms with E-state index in [1.807, 2.05) is 30.3 Å². The molecule has 3 heteroatoms. The van der Waals surface area contributed by atoms with E-state index in [-0.39, 0.29) is 12.6 Å². The smallest absolute Gasteiger partial charge is 0.305 e. The summed E-state index contributed by atoms with van der Waals surface area (Å²) in [5.41, 5.74) is 1.85. The van der Waals surface area contributed by atoms with Crippen LogP contribution in [0, 0.1) is 0 Å². The molecule has 0 aliphatic carbocycles. The van der Waals surface area contributed by atoms with Gasteiger partial charge < -0.3 is 9.47 Å². The van der Waals surface area contributed by atoms with Gasteiger partial charge in [-0.3, -0.25) is 4.79 Å². The van der Waals surface area contributed by atoms with Gasteiger partial charge in [-0.2, -0.15) is 0 Å². The van der Waals surface area contributed by atoms with Crippen molar-refractivity contribution in [2.45, 2.75) is 13.3 Å². The highest BCUT2D eigenvalue weighted by atomic mass is 16.5. The summed E-state index contributed by atoms with van der Waals surface area (Å²) in [6, 6.07) is 9.70. The number of ether oxygens (including phenoxy) is 2. The van der Waals surface area contributed by atoms with Crippen LogP contribution < -0.4 is 0 Å². The van der Waals surface area contributed by atoms with Gasteiger partial charge in [0.15, 0.2) is 0 Å². The first-order valence-corrected chi connectivity index (χ1v) is 5.20. The fourth-order valence-electron chi connectivity index (χ4n) is 1.24. The predicted octanol–water partition coefficient (Wildman–Crippen LogP) is 2.63. The van der Waals surface area contributed by atoms with Crippen molar-refractivity contribution in [3.63, 3.8) is 0 Å². The van der Waals surface area contributed by atoms with Crippen molar-refractivity contribution in [1.82, 2.24) is 0 Å². The second kappa shape index (κ2) is 6.67. The Morgan fingerprint density at radius 2 is 2.00 bits per heavy atom. The Hall–Kier alpha value is -1.77. The quantitative estimate of drug-likeness (QED) is 0.565. The first-order chi connectivity index (χ1) is 7.77. The van der Waals surface area contributed by atoms with Gasteiger partial charge >= 0.3 is 5.97 Å². The highest BCUT2D eigenvalue weighted by Crippen LogP contribution is 2.14. The third-order valence-corrected chi connectivity index (χ3v) is 2.08. The summed E-state index contributed by atoms with van der Waals surface area (Å²) < 4.78 is 10.0. The Morgan fingerprint density at radius 1 is 1.31 bits per heavy atom. The highest BCUT2D eigenvalue weighted by molar-refractivity contribution is 5.72. The number of methoxy groups -OCH3 is 1. The van der Waals surface area contributed by atoms with Crippen molar-refractivity contribution in [3.8, 4) is 0 Å². The summed E-state index contributed by atoms with van der Waals surface area (Å²) in [6.07, 6.45) is 1.98. The molecule has 0 aromatic heterocycles. The van der Waals surface area contributed by atoms with Crippen LogP contribution in [-0.2, 0) is 14.3 Å². The monoisotopic (exact) mass is 220 g/mol. The minimum absolute atomic E-state index is 0.210. The van der Waals surface area contributed by atoms with Crippen molar-refractivity contribution in [3.05, 3.63) is 42.2 Å². The molecule has 0 saturated carbocycles. The average Bonchev–Trinajstić information content (AvgIpc) is 2.35. The van der Waals surface area contributed by atoms with Crippen LogP contribution in [0.4, 0.5) is 0 Å². The Balaban J connectivity index is 2.70. The molecule has 0 unspecified atom stereocenters. The van der Waals surface area contributed by atoms with E-state index in [2.05, 4.69) is 0 Å². The molecule has 0 aliphatic heterocycles. The second-order valence-electron chi connectivity index (χ2n) is 3.26. The van der Waals surface area contributed by atoms with Gasteiger partial charge in [0.1, 0.15) is 6.61 Å². The molecule has 1 aromatic carbocycles. The maximum Gasteiger partial charge on any atom is 0.305 e. The number of hydrogen-bond acceptors (Lipinski definition) is 3. The lowest BCUT2D eigenvalue weighted by atomic mass is 10.1. The topological polar surface area (TPSA) is 35.5 Å². The SMILES string of the molecule is CCC(=O)OC/C(=C/OC)c1ccccc1. The van der Waals surface area contributed by atoms with E-state index in [0.717, 1.165) is 11.1 Å². The van der Waals surface area contributed by atoms with E-state index < -0.39 is 0 Å². The van der Waals surface area contributed by atoms with E-state index >= 15 is 0 Å². The molecule has 0 spiro atoms. The van der Waals surface area contributed by atoms with E-state index in [0.29, 0.717) is 6.42 Å². The van der Waals surface area contributed by atoms with Crippen molar-refractivity contribution in [2.75, 3.05) is 13.7 Å². The fraction of sp³-hybridized carbons (Fsp3) is 0.308. The molecule has 0 saturated heterocycles. The fourth-order valence-corrected chi connectivity index (χ4v) is 1.24. The van der Waals surface area contributed by atoms with E-state index in [1.54, 1.807) is 20.3 Å². The van der Waals surface area contributed by atoms with E-state index in [9.17, 15) is 4.79 Å². The Kier molecular flexibility index (Phi) is 5.12. The molecule has 0 atom stereocenters. The van der Waals surface area contributed by atoms with Crippen LogP contribution in [0.5, 0.6) is 0 Å². The number of carbonyl (C=O) groups is 1. The third-order valence-electron chi connectivity index (χ3n) is 2.08. The highest BCUT2D eigenvalue weighted by Gasteiger charge is 2.05. The van der Waals surface area contributed by atoms with Crippen LogP contribution in [-0.4, -0.2) is 19.7 Å². The summed E-state index contributed by atoms with van der Waals surface area (Å²) >= 11 is 0. The zero-order valence-electron chi connectivity index (χ0n) is 9.60. The first-order valence-electron chi connectivity index (χ1n) is 5.20. The molecule has 0 heterocycles. The van der Waals surface area contributed by atoms with Gasteiger partial charge in [-0.25, -0.2) is 0 Å². The zero-order valence-corrected chi connectivity index (χ0v) is 9.60. The van der Waals surface area contributed by atoms with Crippen LogP contribution >= 0.6 is 0 Å². The minimum atomic E-state index is -0.210. The zero-order chi connectivity index (χ0) is 11.8. The number of benzene rings is 1. The van der Waals surface area contributed by atoms with Crippen molar-refractivity contribution in [2.24, 2.45) is 0 Å². The van der Waals surface area contributed by atoms with E-state index in [1.165, 1.54) is 0 Å². The predicted molar refractivity (Wildman–Crippen MR) is 62.7 cm³/mol. The van der Waals surface area contributed by atoms with Crippen molar-refractivity contribution < 1.29 is 14.3 Å². The van der Waals surface area contributed by atoms with Gasteiger partial charge in [0.2, 0.25) is 0 Å². The first kappa shape index (κ1) is 12.3. The van der Waals surface area contributed by atoms with Gasteiger partial charge in [0.05, 0.1) is 13.4 Å². The van der Waals surface area contributed by atoms with Gasteiger partial charge in [0, 0.05) is 12.0 Å². The van der Waals surface area contributed by atoms with Gasteiger partial charge in [-0.15, -0.1) is 0 Å². The number of esters is 1. The lowest BCUT2D eigenvalue weighted by molar-refractivity contribution is -0.141. The Bertz CT molecular complexity index is 355. The summed E-state index contributed by atoms with van der Waals surface area (Å²) in [6.45, 7) is 2.01. The molecule has 86 valence electrons. The summed E-state index contributed by atoms with van der Waals surface area (Å²) in [5, 5.41) is 0. The molecule has 0 N–H and O–H groups in total. The molecule has 0 bridgehead atoms. The number of rotatable bonds is 5. The van der Waals surface area contributed by atoms with Crippen LogP contribution in [0.15, 0.2) is 36.6 Å². The molecule has 0 amide bonds. The van der Waals surface area contributed by atoms with Crippen molar-refractivity contribution in [1.29, 1.82) is 0 Å². The largest absolute Gasteiger partial charge is 0.504 e. The molecule has 16 heavy (non-hydrogen) atoms. The summed E-state index contributed by atoms with van der Waals surface area (Å²) in [7, 11) is 1.57. The average molecular weight is 220 g/mol. The Labute approximate surface area is 95.7 Å². The lowest BCUT2D eigenvalue weighted by Gasteiger charge is -2.08. The standard InChI is InChI=1S/C13H16O3/c1-3-13(14)16-10-12(9-15-2)11-7-5-4-6-8-11/h4-9H,3,10H2,1-2H3/b12-9-. The summed E-state index contributed by atoms with van der Waals surface area (Å²) in [4.78, 5) is 11.1. The third kappa shape index (κ3) is 3.77. The molecule has 1 rings (SSSR count). The number of carbonyl (C=O) groups excluding carboxylic acids is 1. The normalized spacial score (nSPS) is 11.0. The molecule has 1 aromatic rings. The van der Waals surface area contributed by atoms with Gasteiger partial charge in [-0.05, 0) is 5.56 Å². The minimum Gasteiger partial charge on any atom is -0.504 e. The lowest BCUT2D eigenvalue weighted by Crippen LogP contribution is -2.05. The van der Waals surface area contributed by atoms with Crippen LogP contribution in [0.2, 0.25) is 0 Å². The molecule has 3 nitrogen and oxygen atoms in total. The van der Waals surface area contributed by atoms with Crippen LogP contribution in [0.1, 0.15) is 18.9 Å². The van der Waals surface area contributed by atoms with E-state index in [4.69, 9.17) is 9.47 Å². The van der Waals surface area contributed by atoms with Gasteiger partial charge in [0.25, 0.3) is 0 Å². The van der Waals surface area contributed by atoms with Gasteiger partial charge in [-0.1, -0.05) is 37.3 Å². The maximum atomic E-state index is 11.1. The summed E-state index contributed by atoms with van der Waals surface area (Å²) in [5.74, 6) is -0.210.